The summed E-state index contributed by atoms with van der Waals surface area (Å²) in [6.45, 7) is 1.52. The number of nitrogens with zero attached hydrogens (tertiary/aromatic N) is 2. The van der Waals surface area contributed by atoms with Crippen LogP contribution < -0.4 is 20.5 Å². The van der Waals surface area contributed by atoms with Gasteiger partial charge in [-0.1, -0.05) is 30.7 Å². The smallest absolute Gasteiger partial charge is 0.387 e. The molecule has 0 bridgehead atoms. The Balaban J connectivity index is 1.65. The second kappa shape index (κ2) is 10.3. The zero-order valence-corrected chi connectivity index (χ0v) is 20.5. The maximum atomic E-state index is 13.7. The summed E-state index contributed by atoms with van der Waals surface area (Å²) in [5.74, 6) is -1.39. The average Bonchev–Trinajstić information content (AvgIpc) is 3.17. The number of aromatic nitrogens is 1. The van der Waals surface area contributed by atoms with Crippen LogP contribution in [0.3, 0.4) is 0 Å². The Labute approximate surface area is 212 Å². The lowest BCUT2D eigenvalue weighted by Gasteiger charge is -2.36. The summed E-state index contributed by atoms with van der Waals surface area (Å²) in [6, 6.07) is 7.60. The number of hydrogen-bond donors (Lipinski definition) is 1. The van der Waals surface area contributed by atoms with Gasteiger partial charge in [-0.15, -0.1) is 0 Å². The third-order valence-electron chi connectivity index (χ3n) is 6.78. The molecule has 190 valence electrons. The number of carbonyl (C=O) groups is 2. The number of aryl methyl sites for hydroxylation is 1. The molecule has 7 nitrogen and oxygen atoms in total. The number of hydrogen-bond acceptors (Lipinski definition) is 4. The van der Waals surface area contributed by atoms with Crippen molar-refractivity contribution in [3.8, 4) is 5.75 Å². The van der Waals surface area contributed by atoms with Gasteiger partial charge in [0, 0.05) is 35.8 Å². The zero-order chi connectivity index (χ0) is 26.0. The highest BCUT2D eigenvalue weighted by Gasteiger charge is 2.50. The van der Waals surface area contributed by atoms with Crippen LogP contribution in [0.15, 0.2) is 70.6 Å². The fourth-order valence-electron chi connectivity index (χ4n) is 4.69. The van der Waals surface area contributed by atoms with Crippen molar-refractivity contribution < 1.29 is 23.1 Å². The van der Waals surface area contributed by atoms with Crippen LogP contribution in [0.25, 0.3) is 0 Å². The highest BCUT2D eigenvalue weighted by atomic mass is 35.5. The number of nitrogens with one attached hydrogen (secondary N) is 1. The lowest BCUT2D eigenvalue weighted by molar-refractivity contribution is -0.119. The van der Waals surface area contributed by atoms with Gasteiger partial charge >= 0.3 is 6.61 Å². The van der Waals surface area contributed by atoms with Crippen LogP contribution in [0.4, 0.5) is 14.5 Å². The summed E-state index contributed by atoms with van der Waals surface area (Å²) in [5, 5.41) is 3.41. The number of pyridine rings is 1. The van der Waals surface area contributed by atoms with Gasteiger partial charge in [-0.25, -0.2) is 0 Å². The van der Waals surface area contributed by atoms with Crippen LogP contribution in [-0.2, 0) is 11.3 Å². The van der Waals surface area contributed by atoms with Crippen molar-refractivity contribution in [3.05, 3.63) is 81.8 Å². The monoisotopic (exact) mass is 517 g/mol. The van der Waals surface area contributed by atoms with Crippen LogP contribution in [0.2, 0.25) is 0 Å². The summed E-state index contributed by atoms with van der Waals surface area (Å²) in [7, 11) is 0. The molecule has 1 N–H and O–H groups in total. The van der Waals surface area contributed by atoms with E-state index < -0.39 is 29.9 Å². The molecule has 36 heavy (non-hydrogen) atoms. The Bertz CT molecular complexity index is 1270. The maximum absolute atomic E-state index is 13.7. The standard InChI is InChI=1S/C26H26ClF2N3O4/c1-3-31-14-4-5-20(23(31)34)32-15-19(26(2)12-10-17(27)11-13-26)21(24(32)35)30-22(33)16-6-8-18(9-7-16)36-25(28)29/h4-12,14,19,21,25H,3,13,15H2,1-2H3,(H,30,33)/t19-,21?,26?/m1/s1. The molecule has 2 aromatic rings. The van der Waals surface area contributed by atoms with E-state index in [4.69, 9.17) is 11.6 Å². The molecule has 0 spiro atoms. The molecule has 2 aliphatic rings. The van der Waals surface area contributed by atoms with E-state index in [0.29, 0.717) is 18.0 Å². The van der Waals surface area contributed by atoms with Gasteiger partial charge in [-0.05, 0) is 61.2 Å². The van der Waals surface area contributed by atoms with E-state index in [1.807, 2.05) is 26.0 Å². The molecule has 1 aliphatic heterocycles. The van der Waals surface area contributed by atoms with Crippen molar-refractivity contribution >= 4 is 29.1 Å². The predicted octanol–water partition coefficient (Wildman–Crippen LogP) is 4.32. The largest absolute Gasteiger partial charge is 0.435 e. The Morgan fingerprint density at radius 2 is 1.97 bits per heavy atom. The molecule has 2 heterocycles. The second-order valence-corrected chi connectivity index (χ2v) is 9.46. The quantitative estimate of drug-likeness (QED) is 0.593. The Morgan fingerprint density at radius 3 is 2.58 bits per heavy atom. The van der Waals surface area contributed by atoms with E-state index in [-0.39, 0.29) is 35.0 Å². The summed E-state index contributed by atoms with van der Waals surface area (Å²) in [4.78, 5) is 41.1. The van der Waals surface area contributed by atoms with Crippen molar-refractivity contribution in [3.63, 3.8) is 0 Å². The number of benzene rings is 1. The molecular weight excluding hydrogens is 492 g/mol. The molecule has 1 aromatic heterocycles. The van der Waals surface area contributed by atoms with Gasteiger partial charge < -0.3 is 19.5 Å². The Morgan fingerprint density at radius 1 is 1.25 bits per heavy atom. The van der Waals surface area contributed by atoms with E-state index in [0.717, 1.165) is 0 Å². The van der Waals surface area contributed by atoms with E-state index in [2.05, 4.69) is 10.1 Å². The summed E-state index contributed by atoms with van der Waals surface area (Å²) in [6.07, 6.45) is 7.77. The fourth-order valence-corrected chi connectivity index (χ4v) is 4.83. The van der Waals surface area contributed by atoms with Crippen molar-refractivity contribution in [1.29, 1.82) is 0 Å². The van der Waals surface area contributed by atoms with Gasteiger partial charge in [0.25, 0.3) is 11.5 Å². The molecular formula is C26H26ClF2N3O4. The predicted molar refractivity (Wildman–Crippen MR) is 132 cm³/mol. The van der Waals surface area contributed by atoms with Crippen LogP contribution in [0, 0.1) is 11.3 Å². The molecule has 1 aromatic carbocycles. The van der Waals surface area contributed by atoms with Crippen molar-refractivity contribution in [2.45, 2.75) is 39.5 Å². The molecule has 0 saturated carbocycles. The zero-order valence-electron chi connectivity index (χ0n) is 19.8. The van der Waals surface area contributed by atoms with Gasteiger partial charge in [0.2, 0.25) is 5.91 Å². The van der Waals surface area contributed by atoms with Crippen LogP contribution >= 0.6 is 11.6 Å². The maximum Gasteiger partial charge on any atom is 0.387 e. The molecule has 0 radical (unpaired) electrons. The number of ether oxygens (including phenoxy) is 1. The SMILES string of the molecule is CCn1cccc(N2C[C@@H](C3(C)C=CC(Cl)=CC3)C(NC(=O)c3ccc(OC(F)F)cc3)C2=O)c1=O. The van der Waals surface area contributed by atoms with E-state index in [1.165, 1.54) is 33.7 Å². The molecule has 2 amide bonds. The molecule has 3 atom stereocenters. The lowest BCUT2D eigenvalue weighted by atomic mass is 9.70. The van der Waals surface area contributed by atoms with Crippen molar-refractivity contribution in [2.24, 2.45) is 11.3 Å². The van der Waals surface area contributed by atoms with Crippen molar-refractivity contribution in [1.82, 2.24) is 9.88 Å². The minimum Gasteiger partial charge on any atom is -0.435 e. The molecule has 1 aliphatic carbocycles. The first-order chi connectivity index (χ1) is 17.1. The van der Waals surface area contributed by atoms with Crippen LogP contribution in [0.1, 0.15) is 30.6 Å². The third-order valence-corrected chi connectivity index (χ3v) is 7.06. The van der Waals surface area contributed by atoms with Gasteiger partial charge in [0.1, 0.15) is 17.5 Å². The lowest BCUT2D eigenvalue weighted by Crippen LogP contribution is -2.48. The second-order valence-electron chi connectivity index (χ2n) is 9.03. The normalized spacial score (nSPS) is 23.7. The van der Waals surface area contributed by atoms with Crippen LogP contribution in [0.5, 0.6) is 5.75 Å². The van der Waals surface area contributed by atoms with Gasteiger partial charge in [-0.3, -0.25) is 14.4 Å². The minimum absolute atomic E-state index is 0.0812. The highest BCUT2D eigenvalue weighted by Crippen LogP contribution is 2.43. The highest BCUT2D eigenvalue weighted by molar-refractivity contribution is 6.31. The molecule has 2 unspecified atom stereocenters. The van der Waals surface area contributed by atoms with Crippen molar-refractivity contribution in [2.75, 3.05) is 11.4 Å². The Kier molecular flexibility index (Phi) is 7.31. The van der Waals surface area contributed by atoms with E-state index in [9.17, 15) is 23.2 Å². The topological polar surface area (TPSA) is 80.6 Å². The number of rotatable bonds is 7. The summed E-state index contributed by atoms with van der Waals surface area (Å²) < 4.78 is 30.7. The van der Waals surface area contributed by atoms with Gasteiger partial charge in [-0.2, -0.15) is 8.78 Å². The average molecular weight is 518 g/mol. The molecule has 10 heteroatoms. The Hall–Kier alpha value is -3.46. The number of alkyl halides is 2. The number of anilines is 1. The summed E-state index contributed by atoms with van der Waals surface area (Å²) >= 11 is 6.13. The van der Waals surface area contributed by atoms with E-state index in [1.54, 1.807) is 24.4 Å². The van der Waals surface area contributed by atoms with Crippen LogP contribution in [-0.4, -0.2) is 35.6 Å². The third kappa shape index (κ3) is 5.06. The number of carbonyl (C=O) groups excluding carboxylic acids is 2. The molecule has 1 fully saturated rings. The minimum atomic E-state index is -2.98. The molecule has 4 rings (SSSR count). The molecule has 1 saturated heterocycles. The first-order valence-corrected chi connectivity index (χ1v) is 11.9. The first kappa shape index (κ1) is 25.6. The first-order valence-electron chi connectivity index (χ1n) is 11.5. The van der Waals surface area contributed by atoms with Gasteiger partial charge in [0.05, 0.1) is 0 Å². The number of halogens is 3. The van der Waals surface area contributed by atoms with Gasteiger partial charge in [0.15, 0.2) is 0 Å². The fraction of sp³-hybridized carbons (Fsp3) is 0.346. The number of amides is 2. The summed E-state index contributed by atoms with van der Waals surface area (Å²) in [5.41, 5.74) is -0.381. The number of allylic oxidation sites excluding steroid dienone is 4. The van der Waals surface area contributed by atoms with E-state index >= 15 is 0 Å².